The summed E-state index contributed by atoms with van der Waals surface area (Å²) in [6.45, 7) is 2.15. The Morgan fingerprint density at radius 2 is 2.29 bits per heavy atom. The molecule has 1 amide bonds. The van der Waals surface area contributed by atoms with E-state index < -0.39 is 0 Å². The molecule has 2 rings (SSSR count). The molecule has 0 radical (unpaired) electrons. The van der Waals surface area contributed by atoms with Gasteiger partial charge in [0.15, 0.2) is 0 Å². The Bertz CT molecular complexity index is 296. The molecule has 0 unspecified atom stereocenters. The number of carbonyl (C=O) groups excluding carboxylic acids is 1. The number of nitrogens with one attached hydrogen (secondary N) is 4. The SMILES string of the molecule is CN1CCC(NC(=O)CCC2=CNNN2)CC1. The van der Waals surface area contributed by atoms with Crippen LogP contribution in [0.1, 0.15) is 25.7 Å². The van der Waals surface area contributed by atoms with E-state index in [1.165, 1.54) is 0 Å². The first kappa shape index (κ1) is 12.2. The third-order valence-electron chi connectivity index (χ3n) is 3.25. The largest absolute Gasteiger partial charge is 0.353 e. The minimum absolute atomic E-state index is 0.147. The number of likely N-dealkylation sites (tertiary alicyclic amines) is 1. The van der Waals surface area contributed by atoms with Gasteiger partial charge in [0.2, 0.25) is 5.91 Å². The van der Waals surface area contributed by atoms with Crippen molar-refractivity contribution in [3.63, 3.8) is 0 Å². The summed E-state index contributed by atoms with van der Waals surface area (Å²) in [6.07, 6.45) is 5.23. The van der Waals surface area contributed by atoms with Crippen LogP contribution in [-0.4, -0.2) is 37.0 Å². The van der Waals surface area contributed by atoms with Gasteiger partial charge in [-0.25, -0.2) is 0 Å². The number of piperidine rings is 1. The summed E-state index contributed by atoms with van der Waals surface area (Å²) in [5.74, 6) is 0.147. The Balaban J connectivity index is 1.63. The normalized spacial score (nSPS) is 21.6. The molecule has 0 spiro atoms. The number of hydrogen-bond donors (Lipinski definition) is 4. The van der Waals surface area contributed by atoms with Crippen LogP contribution in [0.2, 0.25) is 0 Å². The molecule has 6 heteroatoms. The van der Waals surface area contributed by atoms with Gasteiger partial charge >= 0.3 is 0 Å². The van der Waals surface area contributed by atoms with Crippen LogP contribution in [0.25, 0.3) is 0 Å². The van der Waals surface area contributed by atoms with Gasteiger partial charge in [0.05, 0.1) is 0 Å². The zero-order valence-corrected chi connectivity index (χ0v) is 10.3. The predicted octanol–water partition coefficient (Wildman–Crippen LogP) is -0.569. The van der Waals surface area contributed by atoms with E-state index in [1.54, 1.807) is 0 Å². The van der Waals surface area contributed by atoms with E-state index >= 15 is 0 Å². The van der Waals surface area contributed by atoms with E-state index in [9.17, 15) is 4.79 Å². The summed E-state index contributed by atoms with van der Waals surface area (Å²) in [6, 6.07) is 0.362. The summed E-state index contributed by atoms with van der Waals surface area (Å²) in [4.78, 5) is 14.0. The monoisotopic (exact) mass is 239 g/mol. The van der Waals surface area contributed by atoms with E-state index in [0.29, 0.717) is 12.5 Å². The number of nitrogens with zero attached hydrogens (tertiary/aromatic N) is 1. The molecule has 4 N–H and O–H groups in total. The first-order valence-corrected chi connectivity index (χ1v) is 6.17. The summed E-state index contributed by atoms with van der Waals surface area (Å²) >= 11 is 0. The minimum Gasteiger partial charge on any atom is -0.353 e. The molecular weight excluding hydrogens is 218 g/mol. The van der Waals surface area contributed by atoms with Crippen LogP contribution in [-0.2, 0) is 4.79 Å². The number of hydrogen-bond acceptors (Lipinski definition) is 5. The number of carbonyl (C=O) groups is 1. The molecule has 6 nitrogen and oxygen atoms in total. The first-order chi connectivity index (χ1) is 8.24. The van der Waals surface area contributed by atoms with Crippen molar-refractivity contribution >= 4 is 5.91 Å². The van der Waals surface area contributed by atoms with Crippen molar-refractivity contribution in [2.45, 2.75) is 31.7 Å². The molecule has 2 aliphatic heterocycles. The molecule has 0 aromatic heterocycles. The first-order valence-electron chi connectivity index (χ1n) is 6.17. The van der Waals surface area contributed by atoms with Crippen LogP contribution in [0.4, 0.5) is 0 Å². The van der Waals surface area contributed by atoms with Gasteiger partial charge in [0, 0.05) is 24.4 Å². The number of amides is 1. The molecule has 1 saturated heterocycles. The van der Waals surface area contributed by atoms with E-state index in [-0.39, 0.29) is 5.91 Å². The molecule has 17 heavy (non-hydrogen) atoms. The molecule has 1 fully saturated rings. The fraction of sp³-hybridized carbons (Fsp3) is 0.727. The van der Waals surface area contributed by atoms with Crippen molar-refractivity contribution in [3.8, 4) is 0 Å². The second kappa shape index (κ2) is 5.88. The maximum absolute atomic E-state index is 11.7. The molecule has 0 aromatic carbocycles. The Kier molecular flexibility index (Phi) is 4.22. The van der Waals surface area contributed by atoms with Gasteiger partial charge in [0.1, 0.15) is 0 Å². The van der Waals surface area contributed by atoms with Crippen molar-refractivity contribution < 1.29 is 4.79 Å². The van der Waals surface area contributed by atoms with Gasteiger partial charge in [0.25, 0.3) is 0 Å². The van der Waals surface area contributed by atoms with Crippen molar-refractivity contribution in [1.82, 2.24) is 26.6 Å². The quantitative estimate of drug-likeness (QED) is 0.529. The van der Waals surface area contributed by atoms with Gasteiger partial charge < -0.3 is 21.1 Å². The van der Waals surface area contributed by atoms with Gasteiger partial charge in [-0.2, -0.15) is 5.53 Å². The summed E-state index contributed by atoms with van der Waals surface area (Å²) < 4.78 is 0. The Labute approximate surface area is 102 Å². The highest BCUT2D eigenvalue weighted by molar-refractivity contribution is 5.76. The van der Waals surface area contributed by atoms with Crippen molar-refractivity contribution in [3.05, 3.63) is 11.9 Å². The predicted molar refractivity (Wildman–Crippen MR) is 65.4 cm³/mol. The van der Waals surface area contributed by atoms with Crippen LogP contribution >= 0.6 is 0 Å². The fourth-order valence-corrected chi connectivity index (χ4v) is 2.11. The zero-order valence-electron chi connectivity index (χ0n) is 10.3. The van der Waals surface area contributed by atoms with E-state index in [1.807, 2.05) is 6.20 Å². The molecular formula is C11H21N5O. The standard InChI is InChI=1S/C11H21N5O/c1-16-6-4-9(5-7-16)13-11(17)3-2-10-8-12-15-14-10/h8-9,12,14-15H,2-7H2,1H3,(H,13,17). The highest BCUT2D eigenvalue weighted by Gasteiger charge is 2.18. The van der Waals surface area contributed by atoms with E-state index in [4.69, 9.17) is 0 Å². The summed E-state index contributed by atoms with van der Waals surface area (Å²) in [7, 11) is 2.12. The fourth-order valence-electron chi connectivity index (χ4n) is 2.11. The molecule has 0 atom stereocenters. The smallest absolute Gasteiger partial charge is 0.220 e. The van der Waals surface area contributed by atoms with Crippen LogP contribution in [0.5, 0.6) is 0 Å². The Morgan fingerprint density at radius 1 is 1.53 bits per heavy atom. The lowest BCUT2D eigenvalue weighted by molar-refractivity contribution is -0.122. The van der Waals surface area contributed by atoms with E-state index in [0.717, 1.165) is 38.0 Å². The van der Waals surface area contributed by atoms with E-state index in [2.05, 4.69) is 33.7 Å². The molecule has 0 bridgehead atoms. The lowest BCUT2D eigenvalue weighted by Gasteiger charge is -2.29. The third kappa shape index (κ3) is 3.90. The highest BCUT2D eigenvalue weighted by atomic mass is 16.1. The average molecular weight is 239 g/mol. The second-order valence-electron chi connectivity index (χ2n) is 4.71. The Morgan fingerprint density at radius 3 is 2.94 bits per heavy atom. The summed E-state index contributed by atoms with van der Waals surface area (Å²) in [5, 5.41) is 3.10. The van der Waals surface area contributed by atoms with Crippen LogP contribution in [0.3, 0.4) is 0 Å². The maximum atomic E-state index is 11.7. The molecule has 0 aromatic rings. The van der Waals surface area contributed by atoms with Gasteiger partial charge in [-0.15, -0.1) is 0 Å². The zero-order chi connectivity index (χ0) is 12.1. The van der Waals surface area contributed by atoms with Crippen molar-refractivity contribution in [2.75, 3.05) is 20.1 Å². The van der Waals surface area contributed by atoms with Crippen LogP contribution in [0.15, 0.2) is 11.9 Å². The minimum atomic E-state index is 0.147. The van der Waals surface area contributed by atoms with Crippen LogP contribution in [0, 0.1) is 0 Å². The number of hydrazine groups is 2. The Hall–Kier alpha value is -1.27. The maximum Gasteiger partial charge on any atom is 0.220 e. The number of rotatable bonds is 4. The molecule has 0 saturated carbocycles. The lowest BCUT2D eigenvalue weighted by Crippen LogP contribution is -2.43. The average Bonchev–Trinajstić information content (AvgIpc) is 2.83. The molecule has 2 heterocycles. The molecule has 2 aliphatic rings. The van der Waals surface area contributed by atoms with Gasteiger partial charge in [-0.3, -0.25) is 4.79 Å². The van der Waals surface area contributed by atoms with Gasteiger partial charge in [-0.1, -0.05) is 0 Å². The topological polar surface area (TPSA) is 68.4 Å². The number of allylic oxidation sites excluding steroid dienone is 1. The van der Waals surface area contributed by atoms with Crippen molar-refractivity contribution in [2.24, 2.45) is 0 Å². The third-order valence-corrected chi connectivity index (χ3v) is 3.25. The molecule has 0 aliphatic carbocycles. The molecule has 96 valence electrons. The van der Waals surface area contributed by atoms with Gasteiger partial charge in [-0.05, 0) is 39.4 Å². The second-order valence-corrected chi connectivity index (χ2v) is 4.71. The lowest BCUT2D eigenvalue weighted by atomic mass is 10.1. The highest BCUT2D eigenvalue weighted by Crippen LogP contribution is 2.09. The summed E-state index contributed by atoms with van der Waals surface area (Å²) in [5.41, 5.74) is 9.53. The van der Waals surface area contributed by atoms with Crippen LogP contribution < -0.4 is 21.7 Å². The van der Waals surface area contributed by atoms with Crippen molar-refractivity contribution in [1.29, 1.82) is 0 Å².